The van der Waals surface area contributed by atoms with Crippen LogP contribution < -0.4 is 16.8 Å². The lowest BCUT2D eigenvalue weighted by atomic mass is 10.2. The lowest BCUT2D eigenvalue weighted by molar-refractivity contribution is 0.259. The van der Waals surface area contributed by atoms with Crippen molar-refractivity contribution in [2.24, 2.45) is 11.5 Å². The topological polar surface area (TPSA) is 81.1 Å². The van der Waals surface area contributed by atoms with E-state index < -0.39 is 6.03 Å². The molecule has 0 saturated carbocycles. The molecule has 0 bridgehead atoms. The van der Waals surface area contributed by atoms with E-state index in [2.05, 4.69) is 21.2 Å². The number of urea groups is 1. The summed E-state index contributed by atoms with van der Waals surface area (Å²) in [7, 11) is 0. The number of nitrogens with one attached hydrogen (secondary N) is 1. The maximum Gasteiger partial charge on any atom is 0.316 e. The first-order chi connectivity index (χ1) is 6.50. The van der Waals surface area contributed by atoms with E-state index in [1.165, 1.54) is 0 Å². The summed E-state index contributed by atoms with van der Waals surface area (Å²) >= 11 is 8.08. The van der Waals surface area contributed by atoms with Crippen LogP contribution in [-0.4, -0.2) is 11.0 Å². The van der Waals surface area contributed by atoms with Gasteiger partial charge >= 0.3 is 6.03 Å². The Morgan fingerprint density at radius 3 is 2.57 bits per heavy atom. The summed E-state index contributed by atoms with van der Waals surface area (Å²) in [6.45, 7) is 0. The monoisotopic (exact) mass is 273 g/mol. The van der Waals surface area contributed by atoms with Gasteiger partial charge in [0, 0.05) is 10.0 Å². The predicted molar refractivity (Wildman–Crippen MR) is 63.2 cm³/mol. The van der Waals surface area contributed by atoms with Crippen molar-refractivity contribution in [3.05, 3.63) is 28.2 Å². The Morgan fingerprint density at radius 1 is 1.43 bits per heavy atom. The van der Waals surface area contributed by atoms with Crippen LogP contribution in [0.4, 0.5) is 10.5 Å². The van der Waals surface area contributed by atoms with Crippen molar-refractivity contribution < 1.29 is 4.79 Å². The number of rotatable bonds is 2. The first-order valence-corrected chi connectivity index (χ1v) is 4.86. The number of anilines is 1. The molecule has 1 aromatic rings. The Hall–Kier alpha value is -1.14. The Morgan fingerprint density at radius 2 is 2.07 bits per heavy atom. The van der Waals surface area contributed by atoms with E-state index in [0.717, 1.165) is 4.47 Å². The summed E-state index contributed by atoms with van der Waals surface area (Å²) in [5, 5.41) is 2.44. The highest BCUT2D eigenvalue weighted by molar-refractivity contribution is 9.10. The van der Waals surface area contributed by atoms with E-state index in [1.54, 1.807) is 18.2 Å². The molecule has 1 aromatic carbocycles. The molecule has 1 rings (SSSR count). The molecule has 2 amide bonds. The van der Waals surface area contributed by atoms with Crippen LogP contribution in [0.25, 0.3) is 0 Å². The zero-order chi connectivity index (χ0) is 10.7. The summed E-state index contributed by atoms with van der Waals surface area (Å²) in [4.78, 5) is 10.9. The molecule has 0 aliphatic carbocycles. The number of amides is 2. The lowest BCUT2D eigenvalue weighted by Gasteiger charge is -2.08. The third-order valence-electron chi connectivity index (χ3n) is 1.50. The minimum Gasteiger partial charge on any atom is -0.389 e. The predicted octanol–water partition coefficient (Wildman–Crippen LogP) is 1.57. The number of halogens is 1. The smallest absolute Gasteiger partial charge is 0.316 e. The second-order valence-electron chi connectivity index (χ2n) is 2.54. The van der Waals surface area contributed by atoms with Crippen molar-refractivity contribution in [2.45, 2.75) is 0 Å². The zero-order valence-corrected chi connectivity index (χ0v) is 9.48. The molecule has 0 atom stereocenters. The third-order valence-corrected chi connectivity index (χ3v) is 2.22. The Bertz CT molecular complexity index is 394. The van der Waals surface area contributed by atoms with Gasteiger partial charge in [-0.15, -0.1) is 0 Å². The van der Waals surface area contributed by atoms with Gasteiger partial charge < -0.3 is 16.8 Å². The third kappa shape index (κ3) is 2.68. The average molecular weight is 274 g/mol. The number of hydrogen-bond acceptors (Lipinski definition) is 2. The van der Waals surface area contributed by atoms with Crippen molar-refractivity contribution in [1.82, 2.24) is 0 Å². The fourth-order valence-corrected chi connectivity index (χ4v) is 1.51. The molecule has 0 aliphatic rings. The van der Waals surface area contributed by atoms with Crippen LogP contribution in [0.3, 0.4) is 0 Å². The van der Waals surface area contributed by atoms with Crippen molar-refractivity contribution in [3.63, 3.8) is 0 Å². The van der Waals surface area contributed by atoms with E-state index in [1.807, 2.05) is 0 Å². The van der Waals surface area contributed by atoms with Gasteiger partial charge in [-0.2, -0.15) is 0 Å². The summed E-state index contributed by atoms with van der Waals surface area (Å²) in [6, 6.07) is 4.51. The standard InChI is InChI=1S/C8H8BrN3OS/c9-4-1-2-5(7(10)14)6(3-4)12-8(11)13/h1-3H,(H2,10,14)(H3,11,12,13). The van der Waals surface area contributed by atoms with E-state index >= 15 is 0 Å². The molecule has 0 aliphatic heterocycles. The quantitative estimate of drug-likeness (QED) is 0.716. The molecule has 5 N–H and O–H groups in total. The minimum absolute atomic E-state index is 0.209. The second kappa shape index (κ2) is 4.39. The van der Waals surface area contributed by atoms with Gasteiger partial charge in [0.1, 0.15) is 4.99 Å². The van der Waals surface area contributed by atoms with Crippen LogP contribution in [0.1, 0.15) is 5.56 Å². The van der Waals surface area contributed by atoms with Gasteiger partial charge in [0.15, 0.2) is 0 Å². The summed E-state index contributed by atoms with van der Waals surface area (Å²) in [5.41, 5.74) is 11.5. The molecule has 0 aromatic heterocycles. The van der Waals surface area contributed by atoms with Gasteiger partial charge in [0.2, 0.25) is 0 Å². The molecule has 0 radical (unpaired) electrons. The van der Waals surface area contributed by atoms with Crippen molar-refractivity contribution >= 4 is 44.9 Å². The van der Waals surface area contributed by atoms with Crippen LogP contribution in [-0.2, 0) is 0 Å². The van der Waals surface area contributed by atoms with Gasteiger partial charge in [0.25, 0.3) is 0 Å². The van der Waals surface area contributed by atoms with Gasteiger partial charge in [-0.05, 0) is 18.2 Å². The second-order valence-corrected chi connectivity index (χ2v) is 3.90. The van der Waals surface area contributed by atoms with Crippen LogP contribution >= 0.6 is 28.1 Å². The van der Waals surface area contributed by atoms with Crippen LogP contribution in [0.15, 0.2) is 22.7 Å². The zero-order valence-electron chi connectivity index (χ0n) is 7.08. The summed E-state index contributed by atoms with van der Waals surface area (Å²) in [5.74, 6) is 0. The number of carbonyl (C=O) groups is 1. The molecule has 6 heteroatoms. The normalized spacial score (nSPS) is 9.50. The highest BCUT2D eigenvalue weighted by Gasteiger charge is 2.06. The minimum atomic E-state index is -0.652. The first kappa shape index (κ1) is 10.9. The van der Waals surface area contributed by atoms with Gasteiger partial charge in [-0.25, -0.2) is 4.79 Å². The van der Waals surface area contributed by atoms with Crippen molar-refractivity contribution in [2.75, 3.05) is 5.32 Å². The molecular weight excluding hydrogens is 266 g/mol. The Kier molecular flexibility index (Phi) is 3.43. The molecule has 14 heavy (non-hydrogen) atoms. The molecule has 0 spiro atoms. The number of hydrogen-bond donors (Lipinski definition) is 3. The number of carbonyl (C=O) groups excluding carboxylic acids is 1. The van der Waals surface area contributed by atoms with E-state index in [0.29, 0.717) is 11.3 Å². The van der Waals surface area contributed by atoms with E-state index in [9.17, 15) is 4.79 Å². The number of thiocarbonyl (C=S) groups is 1. The maximum absolute atomic E-state index is 10.7. The number of nitrogens with two attached hydrogens (primary N) is 2. The highest BCUT2D eigenvalue weighted by Crippen LogP contribution is 2.21. The Balaban J connectivity index is 3.15. The fourth-order valence-electron chi connectivity index (χ4n) is 0.967. The largest absolute Gasteiger partial charge is 0.389 e. The van der Waals surface area contributed by atoms with Crippen LogP contribution in [0.5, 0.6) is 0 Å². The molecule has 0 saturated heterocycles. The first-order valence-electron chi connectivity index (χ1n) is 3.66. The molecule has 0 heterocycles. The summed E-state index contributed by atoms with van der Waals surface area (Å²) < 4.78 is 0.807. The molecule has 0 fully saturated rings. The van der Waals surface area contributed by atoms with Crippen molar-refractivity contribution in [1.29, 1.82) is 0 Å². The molecule has 74 valence electrons. The average Bonchev–Trinajstić information content (AvgIpc) is 2.01. The fraction of sp³-hybridized carbons (Fsp3) is 0. The van der Waals surface area contributed by atoms with E-state index in [-0.39, 0.29) is 4.99 Å². The SMILES string of the molecule is NC(=O)Nc1cc(Br)ccc1C(N)=S. The van der Waals surface area contributed by atoms with Crippen molar-refractivity contribution in [3.8, 4) is 0 Å². The summed E-state index contributed by atoms with van der Waals surface area (Å²) in [6.07, 6.45) is 0. The lowest BCUT2D eigenvalue weighted by Crippen LogP contribution is -2.22. The van der Waals surface area contributed by atoms with Gasteiger partial charge in [0.05, 0.1) is 5.69 Å². The van der Waals surface area contributed by atoms with E-state index in [4.69, 9.17) is 23.7 Å². The molecule has 0 unspecified atom stereocenters. The van der Waals surface area contributed by atoms with Crippen LogP contribution in [0.2, 0.25) is 0 Å². The molecular formula is C8H8BrN3OS. The Labute approximate surface area is 94.8 Å². The molecule has 4 nitrogen and oxygen atoms in total. The number of benzene rings is 1. The highest BCUT2D eigenvalue weighted by atomic mass is 79.9. The van der Waals surface area contributed by atoms with Crippen LogP contribution in [0, 0.1) is 0 Å². The van der Waals surface area contributed by atoms with Gasteiger partial charge in [-0.3, -0.25) is 0 Å². The maximum atomic E-state index is 10.7. The number of primary amides is 1. The van der Waals surface area contributed by atoms with Gasteiger partial charge in [-0.1, -0.05) is 28.1 Å².